The third-order valence-electron chi connectivity index (χ3n) is 2.48. The first-order valence-electron chi connectivity index (χ1n) is 6.01. The van der Waals surface area contributed by atoms with E-state index in [2.05, 4.69) is 10.5 Å². The van der Waals surface area contributed by atoms with Gasteiger partial charge >= 0.3 is 0 Å². The van der Waals surface area contributed by atoms with E-state index in [4.69, 9.17) is 27.9 Å². The monoisotopic (exact) mass is 342 g/mol. The first kappa shape index (κ1) is 15.8. The van der Waals surface area contributed by atoms with E-state index in [9.17, 15) is 4.79 Å². The van der Waals surface area contributed by atoms with Crippen molar-refractivity contribution in [2.45, 2.75) is 6.92 Å². The van der Waals surface area contributed by atoms with E-state index in [0.717, 1.165) is 10.6 Å². The average Bonchev–Trinajstić information content (AvgIpc) is 2.98. The predicted octanol–water partition coefficient (Wildman–Crippen LogP) is 3.97. The van der Waals surface area contributed by atoms with Gasteiger partial charge in [0.2, 0.25) is 0 Å². The highest BCUT2D eigenvalue weighted by Crippen LogP contribution is 2.27. The number of rotatable bonds is 5. The quantitative estimate of drug-likeness (QED) is 0.660. The number of hydrazone groups is 1. The van der Waals surface area contributed by atoms with E-state index in [1.165, 1.54) is 0 Å². The van der Waals surface area contributed by atoms with Crippen molar-refractivity contribution in [2.24, 2.45) is 5.10 Å². The molecule has 0 spiro atoms. The molecule has 0 unspecified atom stereocenters. The number of hydrogen-bond donors (Lipinski definition) is 1. The summed E-state index contributed by atoms with van der Waals surface area (Å²) in [5.41, 5.74) is 3.17. The van der Waals surface area contributed by atoms with E-state index in [1.54, 1.807) is 29.5 Å². The number of carbonyl (C=O) groups is 1. The zero-order valence-corrected chi connectivity index (χ0v) is 13.4. The van der Waals surface area contributed by atoms with Gasteiger partial charge in [0.15, 0.2) is 6.61 Å². The van der Waals surface area contributed by atoms with Gasteiger partial charge in [0.25, 0.3) is 5.91 Å². The van der Waals surface area contributed by atoms with E-state index < -0.39 is 0 Å². The van der Waals surface area contributed by atoms with Crippen molar-refractivity contribution in [1.82, 2.24) is 5.43 Å². The predicted molar refractivity (Wildman–Crippen MR) is 86.6 cm³/mol. The lowest BCUT2D eigenvalue weighted by molar-refractivity contribution is -0.123. The highest BCUT2D eigenvalue weighted by molar-refractivity contribution is 7.12. The van der Waals surface area contributed by atoms with Gasteiger partial charge in [-0.3, -0.25) is 4.79 Å². The van der Waals surface area contributed by atoms with Crippen molar-refractivity contribution in [3.05, 3.63) is 50.6 Å². The van der Waals surface area contributed by atoms with Crippen molar-refractivity contribution in [1.29, 1.82) is 0 Å². The van der Waals surface area contributed by atoms with Crippen LogP contribution in [0.3, 0.4) is 0 Å². The second kappa shape index (κ2) is 7.45. The van der Waals surface area contributed by atoms with Gasteiger partial charge in [-0.2, -0.15) is 5.10 Å². The van der Waals surface area contributed by atoms with Gasteiger partial charge in [-0.25, -0.2) is 5.43 Å². The minimum Gasteiger partial charge on any atom is -0.482 e. The maximum absolute atomic E-state index is 11.7. The average molecular weight is 343 g/mol. The van der Waals surface area contributed by atoms with E-state index >= 15 is 0 Å². The highest BCUT2D eigenvalue weighted by Gasteiger charge is 2.06. The summed E-state index contributed by atoms with van der Waals surface area (Å²) in [5.74, 6) is 0.0343. The molecule has 2 rings (SSSR count). The molecule has 1 aromatic carbocycles. The standard InChI is InChI=1S/C14H12Cl2N2O2S/c1-9(13-3-2-6-21-13)17-18-14(19)8-20-12-5-4-10(15)7-11(12)16/h2-7H,8H2,1H3,(H,18,19)/b17-9-. The maximum atomic E-state index is 11.7. The summed E-state index contributed by atoms with van der Waals surface area (Å²) in [6.07, 6.45) is 0. The molecule has 0 aliphatic heterocycles. The number of halogens is 2. The summed E-state index contributed by atoms with van der Waals surface area (Å²) in [6, 6.07) is 8.65. The van der Waals surface area contributed by atoms with E-state index in [-0.39, 0.29) is 12.5 Å². The van der Waals surface area contributed by atoms with Crippen LogP contribution in [0, 0.1) is 0 Å². The summed E-state index contributed by atoms with van der Waals surface area (Å²) in [6.45, 7) is 1.64. The molecule has 1 N–H and O–H groups in total. The van der Waals surface area contributed by atoms with Crippen LogP contribution >= 0.6 is 34.5 Å². The summed E-state index contributed by atoms with van der Waals surface area (Å²) in [4.78, 5) is 12.7. The molecule has 110 valence electrons. The molecular formula is C14H12Cl2N2O2S. The fourth-order valence-electron chi connectivity index (χ4n) is 1.45. The lowest BCUT2D eigenvalue weighted by Gasteiger charge is -2.07. The fourth-order valence-corrected chi connectivity index (χ4v) is 2.59. The SMILES string of the molecule is C/C(=N/NC(=O)COc1ccc(Cl)cc1Cl)c1cccs1. The van der Waals surface area contributed by atoms with Crippen LogP contribution in [0.4, 0.5) is 0 Å². The zero-order chi connectivity index (χ0) is 15.2. The molecule has 1 amide bonds. The third kappa shape index (κ3) is 4.74. The molecule has 2 aromatic rings. The molecule has 0 saturated heterocycles. The number of nitrogens with zero attached hydrogens (tertiary/aromatic N) is 1. The summed E-state index contributed by atoms with van der Waals surface area (Å²) in [5, 5.41) is 6.82. The minimum absolute atomic E-state index is 0.178. The topological polar surface area (TPSA) is 50.7 Å². The van der Waals surface area contributed by atoms with Crippen LogP contribution in [0.1, 0.15) is 11.8 Å². The number of amides is 1. The highest BCUT2D eigenvalue weighted by atomic mass is 35.5. The molecule has 0 saturated carbocycles. The Morgan fingerprint density at radius 3 is 2.86 bits per heavy atom. The Bertz CT molecular complexity index is 657. The van der Waals surface area contributed by atoms with Crippen molar-refractivity contribution in [2.75, 3.05) is 6.61 Å². The molecule has 0 fully saturated rings. The lowest BCUT2D eigenvalue weighted by atomic mass is 10.3. The Morgan fingerprint density at radius 2 is 2.19 bits per heavy atom. The summed E-state index contributed by atoms with van der Waals surface area (Å²) < 4.78 is 5.31. The lowest BCUT2D eigenvalue weighted by Crippen LogP contribution is -2.25. The summed E-state index contributed by atoms with van der Waals surface area (Å²) >= 11 is 13.3. The molecule has 0 aliphatic carbocycles. The molecular weight excluding hydrogens is 331 g/mol. The zero-order valence-electron chi connectivity index (χ0n) is 11.1. The third-order valence-corrected chi connectivity index (χ3v) is 3.99. The Hall–Kier alpha value is -1.56. The van der Waals surface area contributed by atoms with E-state index in [0.29, 0.717) is 15.8 Å². The van der Waals surface area contributed by atoms with Crippen LogP contribution in [0.2, 0.25) is 10.0 Å². The Balaban J connectivity index is 1.86. The van der Waals surface area contributed by atoms with Crippen molar-refractivity contribution in [3.63, 3.8) is 0 Å². The Labute approximate surface area is 136 Å². The largest absolute Gasteiger partial charge is 0.482 e. The molecule has 0 radical (unpaired) electrons. The van der Waals surface area contributed by atoms with Crippen LogP contribution in [0.25, 0.3) is 0 Å². The van der Waals surface area contributed by atoms with Crippen LogP contribution in [-0.2, 0) is 4.79 Å². The van der Waals surface area contributed by atoms with Gasteiger partial charge in [-0.05, 0) is 36.6 Å². The molecule has 0 aliphatic rings. The Kier molecular flexibility index (Phi) is 5.61. The molecule has 7 heteroatoms. The van der Waals surface area contributed by atoms with Crippen molar-refractivity contribution >= 4 is 46.2 Å². The van der Waals surface area contributed by atoms with Crippen LogP contribution < -0.4 is 10.2 Å². The fraction of sp³-hybridized carbons (Fsp3) is 0.143. The molecule has 0 atom stereocenters. The van der Waals surface area contributed by atoms with Crippen LogP contribution in [0.5, 0.6) is 5.75 Å². The van der Waals surface area contributed by atoms with Crippen LogP contribution in [-0.4, -0.2) is 18.2 Å². The normalized spacial score (nSPS) is 11.3. The number of hydrogen-bond acceptors (Lipinski definition) is 4. The second-order valence-corrected chi connectivity index (χ2v) is 5.86. The van der Waals surface area contributed by atoms with Gasteiger partial charge in [-0.1, -0.05) is 29.3 Å². The number of ether oxygens (including phenoxy) is 1. The number of benzene rings is 1. The molecule has 4 nitrogen and oxygen atoms in total. The smallest absolute Gasteiger partial charge is 0.277 e. The molecule has 1 heterocycles. The van der Waals surface area contributed by atoms with Crippen LogP contribution in [0.15, 0.2) is 40.8 Å². The maximum Gasteiger partial charge on any atom is 0.277 e. The van der Waals surface area contributed by atoms with E-state index in [1.807, 2.05) is 24.4 Å². The molecule has 1 aromatic heterocycles. The minimum atomic E-state index is -0.364. The Morgan fingerprint density at radius 1 is 1.38 bits per heavy atom. The first-order chi connectivity index (χ1) is 10.1. The summed E-state index contributed by atoms with van der Waals surface area (Å²) in [7, 11) is 0. The van der Waals surface area contributed by atoms with Crippen molar-refractivity contribution in [3.8, 4) is 5.75 Å². The van der Waals surface area contributed by atoms with Gasteiger partial charge in [0.1, 0.15) is 5.75 Å². The number of thiophene rings is 1. The first-order valence-corrected chi connectivity index (χ1v) is 7.64. The number of carbonyl (C=O) groups excluding carboxylic acids is 1. The number of nitrogens with one attached hydrogen (secondary N) is 1. The van der Waals surface area contributed by atoms with Crippen molar-refractivity contribution < 1.29 is 9.53 Å². The van der Waals surface area contributed by atoms with Gasteiger partial charge in [-0.15, -0.1) is 11.3 Å². The molecule has 0 bridgehead atoms. The second-order valence-electron chi connectivity index (χ2n) is 4.07. The van der Waals surface area contributed by atoms with Gasteiger partial charge in [0.05, 0.1) is 10.7 Å². The molecule has 21 heavy (non-hydrogen) atoms. The van der Waals surface area contributed by atoms with Gasteiger partial charge in [0, 0.05) is 9.90 Å². The van der Waals surface area contributed by atoms with Gasteiger partial charge < -0.3 is 4.74 Å².